The highest BCUT2D eigenvalue weighted by Crippen LogP contribution is 2.40. The number of fused-ring (bicyclic) bond motifs is 3. The maximum atomic E-state index is 14.2. The van der Waals surface area contributed by atoms with Crippen LogP contribution in [0.3, 0.4) is 0 Å². The van der Waals surface area contributed by atoms with Gasteiger partial charge in [-0.15, -0.1) is 6.58 Å². The Bertz CT molecular complexity index is 1380. The largest absolute Gasteiger partial charge is 0.456 e. The van der Waals surface area contributed by atoms with Crippen LogP contribution in [0, 0.1) is 29.6 Å². The number of methoxy groups -OCH3 is 2. The lowest BCUT2D eigenvalue weighted by Gasteiger charge is -2.48. The molecule has 1 aliphatic carbocycles. The number of rotatable bonds is 6. The molecule has 0 aromatic rings. The number of carbonyl (C=O) groups is 3. The van der Waals surface area contributed by atoms with Crippen LogP contribution in [0.2, 0.25) is 0 Å². The molecule has 4 rings (SSSR count). The molecule has 3 aliphatic heterocycles. The molecular weight excluding hydrogens is 706 g/mol. The minimum atomic E-state index is -1.84. The number of piperidine rings is 1. The lowest BCUT2D eigenvalue weighted by molar-refractivity contribution is -0.321. The van der Waals surface area contributed by atoms with Crippen LogP contribution >= 0.6 is 0 Å². The smallest absolute Gasteiger partial charge is 0.329 e. The van der Waals surface area contributed by atoms with E-state index in [1.807, 2.05) is 32.9 Å². The van der Waals surface area contributed by atoms with E-state index in [1.165, 1.54) is 4.90 Å². The van der Waals surface area contributed by atoms with Gasteiger partial charge >= 0.3 is 5.97 Å². The van der Waals surface area contributed by atoms with Gasteiger partial charge in [0.05, 0.1) is 36.9 Å². The van der Waals surface area contributed by atoms with Crippen LogP contribution in [0.15, 0.2) is 36.0 Å². The van der Waals surface area contributed by atoms with Gasteiger partial charge < -0.3 is 44.3 Å². The third-order valence-electron chi connectivity index (χ3n) is 12.7. The molecule has 4 N–H and O–H groups in total. The SMILES string of the molecule is C=CC[C@@H]1/C=C(\C)C[C@H](C)CC(OC)[C@H]2O[C@](O)(CC(=O)N3CCCC[C@H]3C(=O)OC(/C(C)=C/[C@@H]3CC[C@@H](O)[C@H](O)C3)[C@H](C)[C@@H](O)CC1=O)[C@H](C)C[C@@H]2OC. The first-order valence-corrected chi connectivity index (χ1v) is 20.5. The van der Waals surface area contributed by atoms with Crippen molar-refractivity contribution in [1.29, 1.82) is 0 Å². The predicted molar refractivity (Wildman–Crippen MR) is 207 cm³/mol. The Morgan fingerprint density at radius 2 is 1.65 bits per heavy atom. The number of aliphatic hydroxyl groups excluding tert-OH is 3. The normalized spacial score (nSPS) is 42.0. The van der Waals surface area contributed by atoms with Gasteiger partial charge in [0, 0.05) is 44.9 Å². The van der Waals surface area contributed by atoms with Gasteiger partial charge in [-0.3, -0.25) is 9.59 Å². The van der Waals surface area contributed by atoms with Gasteiger partial charge in [-0.25, -0.2) is 4.79 Å². The van der Waals surface area contributed by atoms with Gasteiger partial charge in [-0.1, -0.05) is 44.6 Å². The number of ether oxygens (including phenoxy) is 4. The van der Waals surface area contributed by atoms with Crippen LogP contribution in [0.25, 0.3) is 0 Å². The number of amides is 1. The van der Waals surface area contributed by atoms with Gasteiger partial charge in [-0.05, 0) is 95.5 Å². The third-order valence-corrected chi connectivity index (χ3v) is 12.7. The third kappa shape index (κ3) is 11.6. The maximum absolute atomic E-state index is 14.2. The molecule has 2 bridgehead atoms. The molecule has 55 heavy (non-hydrogen) atoms. The van der Waals surface area contributed by atoms with Crippen molar-refractivity contribution in [2.45, 2.75) is 166 Å². The van der Waals surface area contributed by atoms with E-state index in [1.54, 1.807) is 27.2 Å². The quantitative estimate of drug-likeness (QED) is 0.216. The molecule has 0 radical (unpaired) electrons. The zero-order valence-electron chi connectivity index (χ0n) is 34.2. The molecule has 0 aromatic carbocycles. The van der Waals surface area contributed by atoms with Gasteiger partial charge in [0.25, 0.3) is 0 Å². The summed E-state index contributed by atoms with van der Waals surface area (Å²) in [7, 11) is 3.20. The minimum absolute atomic E-state index is 0.0917. The average Bonchev–Trinajstić information content (AvgIpc) is 3.14. The summed E-state index contributed by atoms with van der Waals surface area (Å²) in [4.78, 5) is 43.8. The van der Waals surface area contributed by atoms with Crippen molar-refractivity contribution in [2.24, 2.45) is 29.6 Å². The highest BCUT2D eigenvalue weighted by atomic mass is 16.7. The van der Waals surface area contributed by atoms with Crippen molar-refractivity contribution >= 4 is 17.7 Å². The van der Waals surface area contributed by atoms with Crippen LogP contribution in [-0.4, -0.2) is 118 Å². The monoisotopic (exact) mass is 775 g/mol. The van der Waals surface area contributed by atoms with Gasteiger partial charge in [0.2, 0.25) is 5.91 Å². The molecule has 1 amide bonds. The second-order valence-corrected chi connectivity index (χ2v) is 17.1. The van der Waals surface area contributed by atoms with Gasteiger partial charge in [0.1, 0.15) is 24.0 Å². The fraction of sp³-hybridized carbons (Fsp3) is 0.791. The summed E-state index contributed by atoms with van der Waals surface area (Å²) in [6.07, 6.45) is 4.95. The average molecular weight is 776 g/mol. The van der Waals surface area contributed by atoms with E-state index in [9.17, 15) is 34.8 Å². The fourth-order valence-corrected chi connectivity index (χ4v) is 9.27. The highest BCUT2D eigenvalue weighted by Gasteiger charge is 2.51. The molecule has 312 valence electrons. The zero-order valence-corrected chi connectivity index (χ0v) is 34.2. The van der Waals surface area contributed by atoms with E-state index in [0.29, 0.717) is 76.3 Å². The molecule has 3 fully saturated rings. The van der Waals surface area contributed by atoms with E-state index in [2.05, 4.69) is 13.5 Å². The number of nitrogens with zero attached hydrogens (tertiary/aromatic N) is 1. The summed E-state index contributed by atoms with van der Waals surface area (Å²) < 4.78 is 24.6. The maximum Gasteiger partial charge on any atom is 0.329 e. The van der Waals surface area contributed by atoms with Crippen molar-refractivity contribution in [1.82, 2.24) is 4.90 Å². The summed E-state index contributed by atoms with van der Waals surface area (Å²) in [5, 5.41) is 44.2. The molecule has 0 spiro atoms. The van der Waals surface area contributed by atoms with Gasteiger partial charge in [-0.2, -0.15) is 0 Å². The predicted octanol–water partition coefficient (Wildman–Crippen LogP) is 4.81. The van der Waals surface area contributed by atoms with Crippen molar-refractivity contribution < 1.29 is 53.8 Å². The summed E-state index contributed by atoms with van der Waals surface area (Å²) >= 11 is 0. The Balaban J connectivity index is 1.74. The lowest BCUT2D eigenvalue weighted by atomic mass is 9.81. The van der Waals surface area contributed by atoms with Crippen molar-refractivity contribution in [3.63, 3.8) is 0 Å². The molecule has 0 aromatic heterocycles. The van der Waals surface area contributed by atoms with Crippen molar-refractivity contribution in [2.75, 3.05) is 20.8 Å². The Hall–Kier alpha value is -2.45. The van der Waals surface area contributed by atoms with Crippen molar-refractivity contribution in [3.05, 3.63) is 36.0 Å². The summed E-state index contributed by atoms with van der Waals surface area (Å²) in [5.41, 5.74) is 1.66. The van der Waals surface area contributed by atoms with E-state index in [4.69, 9.17) is 18.9 Å². The first-order valence-electron chi connectivity index (χ1n) is 20.5. The number of carbonyl (C=O) groups excluding carboxylic acids is 3. The number of hydrogen-bond donors (Lipinski definition) is 4. The number of cyclic esters (lactones) is 1. The molecule has 2 saturated heterocycles. The summed E-state index contributed by atoms with van der Waals surface area (Å²) in [6, 6.07) is -0.925. The van der Waals surface area contributed by atoms with Crippen LogP contribution in [-0.2, 0) is 33.3 Å². The van der Waals surface area contributed by atoms with Crippen LogP contribution in [0.4, 0.5) is 0 Å². The summed E-state index contributed by atoms with van der Waals surface area (Å²) in [6.45, 7) is 13.7. The van der Waals surface area contributed by atoms with Crippen LogP contribution < -0.4 is 0 Å². The molecule has 14 atom stereocenters. The number of esters is 1. The number of Topliss-reactive ketones (excluding diaryl/α,β-unsaturated/α-hetero) is 1. The molecule has 2 unspecified atom stereocenters. The fourth-order valence-electron chi connectivity index (χ4n) is 9.27. The first-order chi connectivity index (χ1) is 26.0. The number of allylic oxidation sites excluding steroid dienone is 4. The second-order valence-electron chi connectivity index (χ2n) is 17.1. The highest BCUT2D eigenvalue weighted by molar-refractivity contribution is 5.85. The van der Waals surface area contributed by atoms with Gasteiger partial charge in [0.15, 0.2) is 5.79 Å². The summed E-state index contributed by atoms with van der Waals surface area (Å²) in [5.74, 6) is -4.72. The number of aliphatic hydroxyl groups is 4. The first kappa shape index (κ1) is 45.3. The topological polar surface area (TPSA) is 172 Å². The molecule has 4 aliphatic rings. The Morgan fingerprint density at radius 1 is 0.964 bits per heavy atom. The molecule has 3 heterocycles. The van der Waals surface area contributed by atoms with E-state index in [-0.39, 0.29) is 30.5 Å². The van der Waals surface area contributed by atoms with Crippen LogP contribution in [0.5, 0.6) is 0 Å². The molecule has 12 heteroatoms. The molecule has 1 saturated carbocycles. The second kappa shape index (κ2) is 20.3. The number of hydrogen-bond acceptors (Lipinski definition) is 11. The zero-order chi connectivity index (χ0) is 40.6. The van der Waals surface area contributed by atoms with E-state index < -0.39 is 84.2 Å². The Labute approximate surface area is 328 Å². The van der Waals surface area contributed by atoms with E-state index in [0.717, 1.165) is 5.57 Å². The Morgan fingerprint density at radius 3 is 2.31 bits per heavy atom. The Kier molecular flexibility index (Phi) is 16.7. The number of ketones is 1. The van der Waals surface area contributed by atoms with Crippen molar-refractivity contribution in [3.8, 4) is 0 Å². The molecule has 12 nitrogen and oxygen atoms in total. The molecular formula is C43H69NO11. The van der Waals surface area contributed by atoms with E-state index >= 15 is 0 Å². The lowest BCUT2D eigenvalue weighted by Crippen LogP contribution is -2.59. The standard InChI is InChI=1S/C43H69NO11/c1-9-12-31-18-25(2)17-26(3)19-37(52-7)41-38(53-8)21-28(5)43(51,55-41)24-39(49)44-16-11-10-13-32(44)42(50)54-40(29(6)34(46)23-35(31)47)27(4)20-30-14-15-33(45)36(48)22-30/h9,18,20,26,28-34,36-38,40-41,45-46,48,51H,1,10-17,19,21-24H2,2-8H3/b25-18+,27-20+/t26-,28+,29+,30-,31+,32-,33+,34-,36+,37?,38-,40?,41+,43+/m0/s1. The minimum Gasteiger partial charge on any atom is -0.456 e. The van der Waals surface area contributed by atoms with Crippen LogP contribution in [0.1, 0.15) is 112 Å².